The number of amides is 2. The molecule has 0 spiro atoms. The van der Waals surface area contributed by atoms with Crippen LogP contribution in [-0.4, -0.2) is 18.0 Å². The SMILES string of the molecule is CC(=O)N[C@H](Nc1cccc(N)c1)C(=O)NCc1ccccc1. The molecule has 0 aliphatic carbocycles. The molecular formula is C17H20N4O2. The van der Waals surface area contributed by atoms with E-state index in [0.717, 1.165) is 5.56 Å². The number of hydrogen-bond acceptors (Lipinski definition) is 4. The summed E-state index contributed by atoms with van der Waals surface area (Å²) >= 11 is 0. The van der Waals surface area contributed by atoms with Gasteiger partial charge in [-0.1, -0.05) is 36.4 Å². The van der Waals surface area contributed by atoms with Crippen LogP contribution in [0.15, 0.2) is 54.6 Å². The monoisotopic (exact) mass is 312 g/mol. The first-order chi connectivity index (χ1) is 11.0. The fourth-order valence-electron chi connectivity index (χ4n) is 2.05. The van der Waals surface area contributed by atoms with Crippen LogP contribution in [0.1, 0.15) is 12.5 Å². The second kappa shape index (κ2) is 7.84. The molecular weight excluding hydrogens is 292 g/mol. The van der Waals surface area contributed by atoms with Gasteiger partial charge in [0.15, 0.2) is 6.17 Å². The number of nitrogens with one attached hydrogen (secondary N) is 3. The molecule has 0 saturated carbocycles. The quantitative estimate of drug-likeness (QED) is 0.479. The predicted octanol–water partition coefficient (Wildman–Crippen LogP) is 1.46. The van der Waals surface area contributed by atoms with Gasteiger partial charge in [-0.2, -0.15) is 0 Å². The molecule has 6 nitrogen and oxygen atoms in total. The number of carbonyl (C=O) groups is 2. The molecule has 0 saturated heterocycles. The van der Waals surface area contributed by atoms with Crippen LogP contribution < -0.4 is 21.7 Å². The van der Waals surface area contributed by atoms with E-state index in [4.69, 9.17) is 5.73 Å². The van der Waals surface area contributed by atoms with E-state index in [1.165, 1.54) is 6.92 Å². The largest absolute Gasteiger partial charge is 0.399 e. The fourth-order valence-corrected chi connectivity index (χ4v) is 2.05. The summed E-state index contributed by atoms with van der Waals surface area (Å²) in [5.74, 6) is -0.632. The number of nitrogen functional groups attached to an aromatic ring is 1. The van der Waals surface area contributed by atoms with Crippen LogP contribution in [0.2, 0.25) is 0 Å². The highest BCUT2D eigenvalue weighted by atomic mass is 16.2. The molecule has 0 unspecified atom stereocenters. The summed E-state index contributed by atoms with van der Waals surface area (Å²) in [5.41, 5.74) is 7.92. The zero-order chi connectivity index (χ0) is 16.7. The van der Waals surface area contributed by atoms with Gasteiger partial charge in [-0.15, -0.1) is 0 Å². The number of hydrogen-bond donors (Lipinski definition) is 4. The predicted molar refractivity (Wildman–Crippen MR) is 90.4 cm³/mol. The van der Waals surface area contributed by atoms with E-state index in [9.17, 15) is 9.59 Å². The van der Waals surface area contributed by atoms with Crippen molar-refractivity contribution in [1.29, 1.82) is 0 Å². The highest BCUT2D eigenvalue weighted by Gasteiger charge is 2.18. The highest BCUT2D eigenvalue weighted by Crippen LogP contribution is 2.12. The summed E-state index contributed by atoms with van der Waals surface area (Å²) in [6.07, 6.45) is -0.877. The molecule has 0 bridgehead atoms. The lowest BCUT2D eigenvalue weighted by Gasteiger charge is -2.20. The number of anilines is 2. The number of rotatable bonds is 6. The Kier molecular flexibility index (Phi) is 5.57. The van der Waals surface area contributed by atoms with Gasteiger partial charge in [-0.05, 0) is 23.8 Å². The summed E-state index contributed by atoms with van der Waals surface area (Å²) < 4.78 is 0. The summed E-state index contributed by atoms with van der Waals surface area (Å²) in [5, 5.41) is 8.34. The third-order valence-corrected chi connectivity index (χ3v) is 3.12. The molecule has 6 heteroatoms. The Morgan fingerprint density at radius 3 is 2.48 bits per heavy atom. The van der Waals surface area contributed by atoms with E-state index in [1.54, 1.807) is 24.3 Å². The maximum atomic E-state index is 12.3. The summed E-state index contributed by atoms with van der Waals surface area (Å²) in [4.78, 5) is 23.7. The Morgan fingerprint density at radius 2 is 1.83 bits per heavy atom. The van der Waals surface area contributed by atoms with Crippen molar-refractivity contribution in [2.24, 2.45) is 0 Å². The van der Waals surface area contributed by atoms with Crippen molar-refractivity contribution >= 4 is 23.2 Å². The molecule has 5 N–H and O–H groups in total. The first-order valence-electron chi connectivity index (χ1n) is 7.25. The number of carbonyl (C=O) groups excluding carboxylic acids is 2. The zero-order valence-electron chi connectivity index (χ0n) is 12.9. The second-order valence-corrected chi connectivity index (χ2v) is 5.11. The van der Waals surface area contributed by atoms with Gasteiger partial charge in [0.1, 0.15) is 0 Å². The van der Waals surface area contributed by atoms with Crippen molar-refractivity contribution < 1.29 is 9.59 Å². The molecule has 0 fully saturated rings. The maximum Gasteiger partial charge on any atom is 0.263 e. The first kappa shape index (κ1) is 16.4. The van der Waals surface area contributed by atoms with E-state index >= 15 is 0 Å². The Bertz CT molecular complexity index is 673. The van der Waals surface area contributed by atoms with Gasteiger partial charge < -0.3 is 21.7 Å². The first-order valence-corrected chi connectivity index (χ1v) is 7.25. The van der Waals surface area contributed by atoms with E-state index < -0.39 is 6.17 Å². The number of benzene rings is 2. The summed E-state index contributed by atoms with van der Waals surface area (Å²) in [7, 11) is 0. The van der Waals surface area contributed by atoms with Crippen molar-refractivity contribution in [3.8, 4) is 0 Å². The van der Waals surface area contributed by atoms with Crippen LogP contribution in [0, 0.1) is 0 Å². The fraction of sp³-hybridized carbons (Fsp3) is 0.176. The molecule has 0 aliphatic heterocycles. The molecule has 0 aromatic heterocycles. The zero-order valence-corrected chi connectivity index (χ0v) is 12.9. The third kappa shape index (κ3) is 5.35. The van der Waals surface area contributed by atoms with Gasteiger partial charge in [0.2, 0.25) is 5.91 Å². The van der Waals surface area contributed by atoms with Crippen molar-refractivity contribution in [1.82, 2.24) is 10.6 Å². The van der Waals surface area contributed by atoms with Gasteiger partial charge in [-0.3, -0.25) is 9.59 Å². The van der Waals surface area contributed by atoms with Gasteiger partial charge in [0.25, 0.3) is 5.91 Å². The molecule has 1 atom stereocenters. The average molecular weight is 312 g/mol. The van der Waals surface area contributed by atoms with Gasteiger partial charge in [0.05, 0.1) is 0 Å². The molecule has 0 radical (unpaired) electrons. The van der Waals surface area contributed by atoms with Crippen molar-refractivity contribution in [3.63, 3.8) is 0 Å². The van der Waals surface area contributed by atoms with Gasteiger partial charge in [-0.25, -0.2) is 0 Å². The maximum absolute atomic E-state index is 12.3. The highest BCUT2D eigenvalue weighted by molar-refractivity contribution is 5.88. The standard InChI is InChI=1S/C17H20N4O2/c1-12(22)20-16(21-15-9-5-8-14(18)10-15)17(23)19-11-13-6-3-2-4-7-13/h2-10,16,21H,11,18H2,1H3,(H,19,23)(H,20,22)/t16-/m1/s1. The van der Waals surface area contributed by atoms with Crippen molar-refractivity contribution in [2.75, 3.05) is 11.1 Å². The smallest absolute Gasteiger partial charge is 0.263 e. The Labute approximate surface area is 135 Å². The molecule has 2 aromatic carbocycles. The molecule has 120 valence electrons. The van der Waals surface area contributed by atoms with Crippen LogP contribution in [0.5, 0.6) is 0 Å². The number of nitrogens with two attached hydrogens (primary N) is 1. The van der Waals surface area contributed by atoms with Crippen molar-refractivity contribution in [2.45, 2.75) is 19.6 Å². The molecule has 2 amide bonds. The topological polar surface area (TPSA) is 96.2 Å². The molecule has 2 aromatic rings. The minimum atomic E-state index is -0.877. The molecule has 0 heterocycles. The molecule has 2 rings (SSSR count). The second-order valence-electron chi connectivity index (χ2n) is 5.11. The Hall–Kier alpha value is -3.02. The van der Waals surface area contributed by atoms with Crippen molar-refractivity contribution in [3.05, 3.63) is 60.2 Å². The van der Waals surface area contributed by atoms with Crippen LogP contribution >= 0.6 is 0 Å². The minimum Gasteiger partial charge on any atom is -0.399 e. The van der Waals surface area contributed by atoms with E-state index in [2.05, 4.69) is 16.0 Å². The van der Waals surface area contributed by atoms with Crippen LogP contribution in [-0.2, 0) is 16.1 Å². The normalized spacial score (nSPS) is 11.3. The summed E-state index contributed by atoms with van der Waals surface area (Å²) in [6, 6.07) is 16.5. The van der Waals surface area contributed by atoms with Crippen LogP contribution in [0.25, 0.3) is 0 Å². The van der Waals surface area contributed by atoms with Gasteiger partial charge in [0, 0.05) is 24.8 Å². The van der Waals surface area contributed by atoms with Gasteiger partial charge >= 0.3 is 0 Å². The Balaban J connectivity index is 2.01. The molecule has 0 aliphatic rings. The lowest BCUT2D eigenvalue weighted by molar-refractivity contribution is -0.127. The Morgan fingerprint density at radius 1 is 1.09 bits per heavy atom. The van der Waals surface area contributed by atoms with Crippen LogP contribution in [0.3, 0.4) is 0 Å². The van der Waals surface area contributed by atoms with Crippen LogP contribution in [0.4, 0.5) is 11.4 Å². The summed E-state index contributed by atoms with van der Waals surface area (Å²) in [6.45, 7) is 1.74. The average Bonchev–Trinajstić information content (AvgIpc) is 2.52. The minimum absolute atomic E-state index is 0.304. The lowest BCUT2D eigenvalue weighted by atomic mass is 10.2. The third-order valence-electron chi connectivity index (χ3n) is 3.12. The van der Waals surface area contributed by atoms with E-state index in [1.807, 2.05) is 30.3 Å². The van der Waals surface area contributed by atoms with E-state index in [-0.39, 0.29) is 11.8 Å². The molecule has 23 heavy (non-hydrogen) atoms. The van der Waals surface area contributed by atoms with E-state index in [0.29, 0.717) is 17.9 Å². The lowest BCUT2D eigenvalue weighted by Crippen LogP contribution is -2.50.